The number of hydrogen-bond donors (Lipinski definition) is 2. The first kappa shape index (κ1) is 21.6. The van der Waals surface area contributed by atoms with Gasteiger partial charge < -0.3 is 15.5 Å². The Morgan fingerprint density at radius 2 is 1.41 bits per heavy atom. The van der Waals surface area contributed by atoms with Gasteiger partial charge in [0.25, 0.3) is 11.8 Å². The first-order valence-corrected chi connectivity index (χ1v) is 11.0. The van der Waals surface area contributed by atoms with Crippen LogP contribution in [0.15, 0.2) is 72.8 Å². The molecule has 32 heavy (non-hydrogen) atoms. The van der Waals surface area contributed by atoms with E-state index >= 15 is 0 Å². The molecule has 0 spiro atoms. The molecule has 0 aromatic heterocycles. The van der Waals surface area contributed by atoms with Crippen LogP contribution >= 0.6 is 0 Å². The summed E-state index contributed by atoms with van der Waals surface area (Å²) in [7, 11) is 0. The average Bonchev–Trinajstić information content (AvgIpc) is 2.86. The molecule has 164 valence electrons. The fourth-order valence-corrected chi connectivity index (χ4v) is 4.05. The molecule has 0 unspecified atom stereocenters. The Labute approximate surface area is 187 Å². The molecule has 6 nitrogen and oxygen atoms in total. The molecule has 2 N–H and O–H groups in total. The van der Waals surface area contributed by atoms with Gasteiger partial charge in [0.1, 0.15) is 0 Å². The number of rotatable bonds is 6. The largest absolute Gasteiger partial charge is 0.354 e. The van der Waals surface area contributed by atoms with Crippen molar-refractivity contribution in [3.63, 3.8) is 0 Å². The number of likely N-dealkylation sites (tertiary alicyclic amines) is 1. The smallest absolute Gasteiger partial charge is 0.253 e. The number of benzene rings is 3. The lowest BCUT2D eigenvalue weighted by atomic mass is 9.95. The first-order valence-electron chi connectivity index (χ1n) is 11.0. The molecular weight excluding hydrogens is 402 g/mol. The average molecular weight is 430 g/mol. The molecular formula is C26H27N3O3. The lowest BCUT2D eigenvalue weighted by Crippen LogP contribution is -2.44. The molecule has 4 rings (SSSR count). The summed E-state index contributed by atoms with van der Waals surface area (Å²) in [5, 5.41) is 7.86. The summed E-state index contributed by atoms with van der Waals surface area (Å²) < 4.78 is 0. The van der Waals surface area contributed by atoms with Gasteiger partial charge in [0.2, 0.25) is 5.91 Å². The van der Waals surface area contributed by atoms with E-state index in [1.54, 1.807) is 12.1 Å². The lowest BCUT2D eigenvalue weighted by Gasteiger charge is -2.31. The van der Waals surface area contributed by atoms with E-state index in [0.29, 0.717) is 50.1 Å². The third kappa shape index (κ3) is 5.14. The molecule has 0 bridgehead atoms. The zero-order chi connectivity index (χ0) is 22.3. The number of carbonyl (C=O) groups is 3. The number of carbonyl (C=O) groups excluding carboxylic acids is 3. The molecule has 0 atom stereocenters. The van der Waals surface area contributed by atoms with Gasteiger partial charge in [0.15, 0.2) is 0 Å². The van der Waals surface area contributed by atoms with E-state index in [1.807, 2.05) is 65.6 Å². The first-order chi connectivity index (χ1) is 15.6. The fourth-order valence-electron chi connectivity index (χ4n) is 4.05. The van der Waals surface area contributed by atoms with Crippen LogP contribution in [0.1, 0.15) is 33.6 Å². The molecule has 3 aromatic carbocycles. The molecule has 1 fully saturated rings. The minimum atomic E-state index is -0.152. The van der Waals surface area contributed by atoms with Crippen LogP contribution in [-0.4, -0.2) is 48.8 Å². The minimum Gasteiger partial charge on any atom is -0.354 e. The van der Waals surface area contributed by atoms with Gasteiger partial charge >= 0.3 is 0 Å². The predicted octanol–water partition coefficient (Wildman–Crippen LogP) is 3.24. The number of fused-ring (bicyclic) bond motifs is 1. The summed E-state index contributed by atoms with van der Waals surface area (Å²) in [5.74, 6) is -0.268. The quantitative estimate of drug-likeness (QED) is 0.591. The van der Waals surface area contributed by atoms with Crippen LogP contribution in [0, 0.1) is 5.92 Å². The molecule has 1 aliphatic heterocycles. The second-order valence-electron chi connectivity index (χ2n) is 8.04. The summed E-state index contributed by atoms with van der Waals surface area (Å²) in [6, 6.07) is 22.7. The summed E-state index contributed by atoms with van der Waals surface area (Å²) in [6.45, 7) is 1.88. The molecule has 3 amide bonds. The van der Waals surface area contributed by atoms with Gasteiger partial charge in [-0.2, -0.15) is 0 Å². The Hall–Kier alpha value is -3.67. The van der Waals surface area contributed by atoms with Crippen molar-refractivity contribution >= 4 is 28.5 Å². The molecule has 1 heterocycles. The highest BCUT2D eigenvalue weighted by Crippen LogP contribution is 2.21. The Kier molecular flexibility index (Phi) is 6.80. The Morgan fingerprint density at radius 1 is 0.750 bits per heavy atom. The van der Waals surface area contributed by atoms with Crippen molar-refractivity contribution in [2.45, 2.75) is 12.8 Å². The number of nitrogens with one attached hydrogen (secondary N) is 2. The zero-order valence-corrected chi connectivity index (χ0v) is 17.9. The number of piperidine rings is 1. The van der Waals surface area contributed by atoms with E-state index in [2.05, 4.69) is 10.6 Å². The topological polar surface area (TPSA) is 78.5 Å². The van der Waals surface area contributed by atoms with Gasteiger partial charge in [-0.1, -0.05) is 48.5 Å². The maximum Gasteiger partial charge on any atom is 0.253 e. The van der Waals surface area contributed by atoms with Crippen molar-refractivity contribution in [2.24, 2.45) is 5.92 Å². The predicted molar refractivity (Wildman–Crippen MR) is 124 cm³/mol. The standard InChI is InChI=1S/C26H27N3O3/c30-24(20-7-2-1-3-8-20)27-14-15-28-25(31)21-12-16-29(17-13-21)26(32)23-11-10-19-6-4-5-9-22(19)18-23/h1-11,18,21H,12-17H2,(H,27,30)(H,28,31). The van der Waals surface area contributed by atoms with Crippen LogP contribution in [0.2, 0.25) is 0 Å². The number of amides is 3. The van der Waals surface area contributed by atoms with Crippen LogP contribution in [0.4, 0.5) is 0 Å². The maximum atomic E-state index is 12.9. The van der Waals surface area contributed by atoms with Crippen LogP contribution < -0.4 is 10.6 Å². The van der Waals surface area contributed by atoms with Crippen molar-refractivity contribution in [3.8, 4) is 0 Å². The molecule has 0 saturated carbocycles. The lowest BCUT2D eigenvalue weighted by molar-refractivity contribution is -0.126. The highest BCUT2D eigenvalue weighted by Gasteiger charge is 2.27. The van der Waals surface area contributed by atoms with Crippen molar-refractivity contribution < 1.29 is 14.4 Å². The Morgan fingerprint density at radius 3 is 2.16 bits per heavy atom. The monoisotopic (exact) mass is 429 g/mol. The Bertz CT molecular complexity index is 1110. The third-order valence-corrected chi connectivity index (χ3v) is 5.90. The minimum absolute atomic E-state index is 0.0123. The number of nitrogens with zero attached hydrogens (tertiary/aromatic N) is 1. The molecule has 1 aliphatic rings. The summed E-state index contributed by atoms with van der Waals surface area (Å²) >= 11 is 0. The Balaban J connectivity index is 1.21. The molecule has 0 aliphatic carbocycles. The molecule has 0 radical (unpaired) electrons. The highest BCUT2D eigenvalue weighted by molar-refractivity contribution is 5.98. The molecule has 6 heteroatoms. The second-order valence-corrected chi connectivity index (χ2v) is 8.04. The van der Waals surface area contributed by atoms with Crippen molar-refractivity contribution in [2.75, 3.05) is 26.2 Å². The molecule has 1 saturated heterocycles. The van der Waals surface area contributed by atoms with E-state index in [-0.39, 0.29) is 23.6 Å². The van der Waals surface area contributed by atoms with Gasteiger partial charge in [-0.05, 0) is 47.9 Å². The van der Waals surface area contributed by atoms with E-state index in [4.69, 9.17) is 0 Å². The molecule has 3 aromatic rings. The van der Waals surface area contributed by atoms with Crippen molar-refractivity contribution in [1.29, 1.82) is 0 Å². The fraction of sp³-hybridized carbons (Fsp3) is 0.269. The van der Waals surface area contributed by atoms with Crippen molar-refractivity contribution in [3.05, 3.63) is 83.9 Å². The van der Waals surface area contributed by atoms with Crippen molar-refractivity contribution in [1.82, 2.24) is 15.5 Å². The van der Waals surface area contributed by atoms with E-state index in [1.165, 1.54) is 0 Å². The summed E-state index contributed by atoms with van der Waals surface area (Å²) in [6.07, 6.45) is 1.28. The number of hydrogen-bond acceptors (Lipinski definition) is 3. The van der Waals surface area contributed by atoms with Gasteiger partial charge in [0.05, 0.1) is 0 Å². The van der Waals surface area contributed by atoms with Gasteiger partial charge in [0, 0.05) is 43.2 Å². The van der Waals surface area contributed by atoms with Gasteiger partial charge in [-0.25, -0.2) is 0 Å². The van der Waals surface area contributed by atoms with Crippen LogP contribution in [0.3, 0.4) is 0 Å². The summed E-state index contributed by atoms with van der Waals surface area (Å²) in [5.41, 5.74) is 1.28. The SMILES string of the molecule is O=C(NCCNC(=O)C1CCN(C(=O)c2ccc3ccccc3c2)CC1)c1ccccc1. The zero-order valence-electron chi connectivity index (χ0n) is 17.9. The summed E-state index contributed by atoms with van der Waals surface area (Å²) in [4.78, 5) is 39.2. The van der Waals surface area contributed by atoms with E-state index in [0.717, 1.165) is 10.8 Å². The van der Waals surface area contributed by atoms with Crippen LogP contribution in [0.5, 0.6) is 0 Å². The highest BCUT2D eigenvalue weighted by atomic mass is 16.2. The van der Waals surface area contributed by atoms with Crippen LogP contribution in [0.25, 0.3) is 10.8 Å². The van der Waals surface area contributed by atoms with Crippen LogP contribution in [-0.2, 0) is 4.79 Å². The van der Waals surface area contributed by atoms with Gasteiger partial charge in [-0.15, -0.1) is 0 Å². The normalized spacial score (nSPS) is 14.2. The van der Waals surface area contributed by atoms with E-state index in [9.17, 15) is 14.4 Å². The third-order valence-electron chi connectivity index (χ3n) is 5.90. The maximum absolute atomic E-state index is 12.9. The van der Waals surface area contributed by atoms with E-state index < -0.39 is 0 Å². The second kappa shape index (κ2) is 10.1. The van der Waals surface area contributed by atoms with Gasteiger partial charge in [-0.3, -0.25) is 14.4 Å².